The lowest BCUT2D eigenvalue weighted by atomic mass is 9.83. The van der Waals surface area contributed by atoms with Gasteiger partial charge in [-0.05, 0) is 70.1 Å². The molecule has 0 bridgehead atoms. The minimum atomic E-state index is -0.264. The largest absolute Gasteiger partial charge is 0.463 e. The maximum Gasteiger partial charge on any atom is 0.306 e. The highest BCUT2D eigenvalue weighted by Crippen LogP contribution is 2.42. The molecule has 1 saturated carbocycles. The van der Waals surface area contributed by atoms with E-state index in [0.29, 0.717) is 30.5 Å². The normalized spacial score (nSPS) is 24.1. The van der Waals surface area contributed by atoms with Crippen LogP contribution in [0.4, 0.5) is 0 Å². The summed E-state index contributed by atoms with van der Waals surface area (Å²) in [4.78, 5) is 23.8. The van der Waals surface area contributed by atoms with Gasteiger partial charge in [-0.15, -0.1) is 0 Å². The van der Waals surface area contributed by atoms with Crippen LogP contribution in [-0.2, 0) is 14.3 Å². The topological polar surface area (TPSA) is 63.6 Å². The number of aliphatic hydroxyl groups is 1. The number of unbranched alkanes of at least 4 members (excludes halogenated alkanes) is 5. The first-order valence-electron chi connectivity index (χ1n) is 12.4. The highest BCUT2D eigenvalue weighted by molar-refractivity contribution is 5.78. The van der Waals surface area contributed by atoms with Crippen LogP contribution in [0.3, 0.4) is 0 Å². The second kappa shape index (κ2) is 15.6. The third-order valence-corrected chi connectivity index (χ3v) is 6.40. The van der Waals surface area contributed by atoms with E-state index in [0.717, 1.165) is 44.9 Å². The Morgan fingerprint density at radius 2 is 1.73 bits per heavy atom. The van der Waals surface area contributed by atoms with Crippen LogP contribution in [-0.4, -0.2) is 29.1 Å². The van der Waals surface area contributed by atoms with E-state index in [1.54, 1.807) is 0 Å². The number of esters is 1. The van der Waals surface area contributed by atoms with Crippen molar-refractivity contribution in [2.45, 2.75) is 123 Å². The first-order chi connectivity index (χ1) is 14.3. The summed E-state index contributed by atoms with van der Waals surface area (Å²) in [6.45, 7) is 8.15. The highest BCUT2D eigenvalue weighted by Gasteiger charge is 2.39. The Kier molecular flexibility index (Phi) is 14.0. The summed E-state index contributed by atoms with van der Waals surface area (Å²) in [7, 11) is 0. The molecule has 0 spiro atoms. The summed E-state index contributed by atoms with van der Waals surface area (Å²) in [5, 5.41) is 10.5. The molecule has 1 aliphatic rings. The van der Waals surface area contributed by atoms with E-state index in [1.807, 2.05) is 13.8 Å². The van der Waals surface area contributed by atoms with Crippen molar-refractivity contribution in [1.82, 2.24) is 0 Å². The monoisotopic (exact) mass is 422 g/mol. The molecule has 30 heavy (non-hydrogen) atoms. The van der Waals surface area contributed by atoms with E-state index in [-0.39, 0.29) is 24.1 Å². The lowest BCUT2D eigenvalue weighted by molar-refractivity contribution is -0.147. The number of ether oxygens (including phenoxy) is 1. The van der Waals surface area contributed by atoms with Gasteiger partial charge in [0.05, 0.1) is 12.2 Å². The number of carbonyl (C=O) groups is 2. The number of hydrogen-bond acceptors (Lipinski definition) is 4. The fraction of sp³-hybridized carbons (Fsp3) is 0.846. The van der Waals surface area contributed by atoms with Crippen LogP contribution in [0.2, 0.25) is 0 Å². The lowest BCUT2D eigenvalue weighted by Gasteiger charge is -2.23. The van der Waals surface area contributed by atoms with Crippen molar-refractivity contribution >= 4 is 11.8 Å². The van der Waals surface area contributed by atoms with Gasteiger partial charge in [0.2, 0.25) is 0 Å². The van der Waals surface area contributed by atoms with Gasteiger partial charge in [-0.3, -0.25) is 9.59 Å². The average Bonchev–Trinajstić information content (AvgIpc) is 2.94. The van der Waals surface area contributed by atoms with Gasteiger partial charge in [-0.25, -0.2) is 0 Å². The van der Waals surface area contributed by atoms with Crippen LogP contribution in [0.5, 0.6) is 0 Å². The molecular formula is C26H46O4. The number of rotatable bonds is 16. The van der Waals surface area contributed by atoms with Crippen LogP contribution >= 0.6 is 0 Å². The molecule has 1 N–H and O–H groups in total. The van der Waals surface area contributed by atoms with Crippen LogP contribution < -0.4 is 0 Å². The molecule has 0 heterocycles. The van der Waals surface area contributed by atoms with Crippen molar-refractivity contribution in [2.24, 2.45) is 17.8 Å². The number of allylic oxidation sites excluding steroid dienone is 2. The smallest absolute Gasteiger partial charge is 0.306 e. The van der Waals surface area contributed by atoms with Gasteiger partial charge in [0.25, 0.3) is 0 Å². The van der Waals surface area contributed by atoms with Crippen LogP contribution in [0.1, 0.15) is 111 Å². The minimum absolute atomic E-state index is 0.0521. The van der Waals surface area contributed by atoms with Gasteiger partial charge in [-0.1, -0.05) is 51.7 Å². The average molecular weight is 423 g/mol. The van der Waals surface area contributed by atoms with E-state index >= 15 is 0 Å². The van der Waals surface area contributed by atoms with Gasteiger partial charge in [-0.2, -0.15) is 0 Å². The fourth-order valence-electron chi connectivity index (χ4n) is 4.70. The second-order valence-electron chi connectivity index (χ2n) is 9.49. The minimum Gasteiger partial charge on any atom is -0.463 e. The number of hydrogen-bond donors (Lipinski definition) is 1. The Bertz CT molecular complexity index is 511. The number of carbonyl (C=O) groups excluding carboxylic acids is 2. The standard InChI is InChI=1S/C26H46O4/c1-5-6-7-8-11-14-22(27)17-18-23-21(4)19-25(28)24(23)15-12-9-10-13-16-26(29)30-20(2)3/h9,12,20-21,23-25,28H,5-8,10-11,13-19H2,1-4H3/b12-9-/t21-,23+,24-,25+/m1/s1. The van der Waals surface area contributed by atoms with Gasteiger partial charge in [0.1, 0.15) is 5.78 Å². The molecule has 0 aromatic carbocycles. The number of aliphatic hydroxyl groups excluding tert-OH is 1. The Hall–Kier alpha value is -1.16. The molecule has 0 amide bonds. The Labute approximate surface area is 184 Å². The molecular weight excluding hydrogens is 376 g/mol. The first kappa shape index (κ1) is 26.9. The summed E-state index contributed by atoms with van der Waals surface area (Å²) in [6.07, 6.45) is 16.0. The number of ketones is 1. The zero-order valence-electron chi connectivity index (χ0n) is 19.9. The molecule has 4 nitrogen and oxygen atoms in total. The van der Waals surface area contributed by atoms with Crippen molar-refractivity contribution in [1.29, 1.82) is 0 Å². The van der Waals surface area contributed by atoms with Gasteiger partial charge < -0.3 is 9.84 Å². The predicted molar refractivity (Wildman–Crippen MR) is 123 cm³/mol. The molecule has 0 aliphatic heterocycles. The van der Waals surface area contributed by atoms with E-state index in [1.165, 1.54) is 25.7 Å². The maximum atomic E-state index is 12.3. The molecule has 0 radical (unpaired) electrons. The van der Waals surface area contributed by atoms with Crippen molar-refractivity contribution in [2.75, 3.05) is 0 Å². The molecule has 0 saturated heterocycles. The molecule has 0 aromatic heterocycles. The molecule has 4 heteroatoms. The van der Waals surface area contributed by atoms with Crippen molar-refractivity contribution < 1.29 is 19.4 Å². The predicted octanol–water partition coefficient (Wildman–Crippen LogP) is 6.40. The van der Waals surface area contributed by atoms with Gasteiger partial charge in [0, 0.05) is 19.3 Å². The van der Waals surface area contributed by atoms with Crippen LogP contribution in [0, 0.1) is 17.8 Å². The Morgan fingerprint density at radius 3 is 2.43 bits per heavy atom. The van der Waals surface area contributed by atoms with E-state index in [4.69, 9.17) is 4.74 Å². The zero-order chi connectivity index (χ0) is 22.4. The van der Waals surface area contributed by atoms with Gasteiger partial charge >= 0.3 is 5.97 Å². The summed E-state index contributed by atoms with van der Waals surface area (Å²) in [5.41, 5.74) is 0. The van der Waals surface area contributed by atoms with E-state index in [2.05, 4.69) is 26.0 Å². The molecule has 174 valence electrons. The van der Waals surface area contributed by atoms with E-state index < -0.39 is 0 Å². The van der Waals surface area contributed by atoms with Crippen molar-refractivity contribution in [3.05, 3.63) is 12.2 Å². The number of Topliss-reactive ketones (excluding diaryl/α,β-unsaturated/α-hetero) is 1. The van der Waals surface area contributed by atoms with E-state index in [9.17, 15) is 14.7 Å². The zero-order valence-corrected chi connectivity index (χ0v) is 19.9. The summed E-state index contributed by atoms with van der Waals surface area (Å²) in [6, 6.07) is 0. The molecule has 1 aliphatic carbocycles. The van der Waals surface area contributed by atoms with Crippen LogP contribution in [0.25, 0.3) is 0 Å². The summed E-state index contributed by atoms with van der Waals surface area (Å²) >= 11 is 0. The van der Waals surface area contributed by atoms with Crippen LogP contribution in [0.15, 0.2) is 12.2 Å². The maximum absolute atomic E-state index is 12.3. The fourth-order valence-corrected chi connectivity index (χ4v) is 4.70. The molecule has 1 fully saturated rings. The highest BCUT2D eigenvalue weighted by atomic mass is 16.5. The summed E-state index contributed by atoms with van der Waals surface area (Å²) in [5.74, 6) is 1.41. The first-order valence-corrected chi connectivity index (χ1v) is 12.4. The Morgan fingerprint density at radius 1 is 1.00 bits per heavy atom. The SMILES string of the molecule is CCCCCCCC(=O)CC[C@@H]1[C@@H](C/C=C\CCCC(=O)OC(C)C)[C@@H](O)C[C@H]1C. The second-order valence-corrected chi connectivity index (χ2v) is 9.49. The quantitative estimate of drug-likeness (QED) is 0.178. The van der Waals surface area contributed by atoms with Gasteiger partial charge in [0.15, 0.2) is 0 Å². The van der Waals surface area contributed by atoms with Crippen molar-refractivity contribution in [3.63, 3.8) is 0 Å². The summed E-state index contributed by atoms with van der Waals surface area (Å²) < 4.78 is 5.14. The Balaban J connectivity index is 2.30. The third kappa shape index (κ3) is 11.3. The third-order valence-electron chi connectivity index (χ3n) is 6.40. The van der Waals surface area contributed by atoms with Crippen molar-refractivity contribution in [3.8, 4) is 0 Å². The molecule has 0 unspecified atom stereocenters. The lowest BCUT2D eigenvalue weighted by Crippen LogP contribution is -2.20. The molecule has 1 rings (SSSR count). The molecule has 0 aromatic rings. The molecule has 4 atom stereocenters.